The van der Waals surface area contributed by atoms with E-state index < -0.39 is 30.6 Å². The van der Waals surface area contributed by atoms with E-state index in [1.165, 1.54) is 0 Å². The van der Waals surface area contributed by atoms with Crippen LogP contribution in [0.1, 0.15) is 33.1 Å². The molecule has 1 rings (SSSR count). The zero-order chi connectivity index (χ0) is 14.0. The van der Waals surface area contributed by atoms with Crippen LogP contribution < -0.4 is 10.5 Å². The Balaban J connectivity index is 2.67. The van der Waals surface area contributed by atoms with E-state index in [9.17, 15) is 16.8 Å². The predicted molar refractivity (Wildman–Crippen MR) is 71.5 cm³/mol. The molecule has 1 aliphatic heterocycles. The predicted octanol–water partition coefficient (Wildman–Crippen LogP) is -0.390. The van der Waals surface area contributed by atoms with Crippen LogP contribution >= 0.6 is 0 Å². The van der Waals surface area contributed by atoms with E-state index in [2.05, 4.69) is 4.72 Å². The number of nitrogens with two attached hydrogens (primary N) is 1. The third-order valence-corrected chi connectivity index (χ3v) is 7.47. The Morgan fingerprint density at radius 2 is 1.89 bits per heavy atom. The molecule has 1 atom stereocenters. The molecule has 6 nitrogen and oxygen atoms in total. The van der Waals surface area contributed by atoms with E-state index in [4.69, 9.17) is 5.73 Å². The Morgan fingerprint density at radius 1 is 1.33 bits per heavy atom. The second-order valence-electron chi connectivity index (χ2n) is 4.96. The van der Waals surface area contributed by atoms with Gasteiger partial charge in [0.15, 0.2) is 9.84 Å². The summed E-state index contributed by atoms with van der Waals surface area (Å²) in [6.45, 7) is 3.95. The van der Waals surface area contributed by atoms with Crippen molar-refractivity contribution in [3.8, 4) is 0 Å². The third-order valence-electron chi connectivity index (χ3n) is 3.66. The Labute approximate surface area is 109 Å². The topological polar surface area (TPSA) is 106 Å². The number of sulfonamides is 1. The van der Waals surface area contributed by atoms with Gasteiger partial charge in [0.05, 0.1) is 16.8 Å². The molecule has 0 saturated carbocycles. The lowest BCUT2D eigenvalue weighted by Crippen LogP contribution is -2.51. The summed E-state index contributed by atoms with van der Waals surface area (Å²) in [7, 11) is -6.79. The van der Waals surface area contributed by atoms with Gasteiger partial charge >= 0.3 is 0 Å². The number of hydrogen-bond acceptors (Lipinski definition) is 5. The molecule has 0 aromatic heterocycles. The van der Waals surface area contributed by atoms with Crippen LogP contribution in [0.3, 0.4) is 0 Å². The van der Waals surface area contributed by atoms with Crippen molar-refractivity contribution in [2.45, 2.75) is 43.9 Å². The standard InChI is InChI=1S/C10H22N2O4S2/c1-3-10(11,4-2)8-12-18(15,16)9-5-6-17(13,14)7-9/h9,12H,3-8,11H2,1-2H3. The highest BCUT2D eigenvalue weighted by molar-refractivity contribution is 7.95. The van der Waals surface area contributed by atoms with Gasteiger partial charge in [-0.15, -0.1) is 0 Å². The van der Waals surface area contributed by atoms with Crippen molar-refractivity contribution in [2.75, 3.05) is 18.1 Å². The van der Waals surface area contributed by atoms with Crippen molar-refractivity contribution in [2.24, 2.45) is 5.73 Å². The minimum absolute atomic E-state index is 0.0477. The Kier molecular flexibility index (Phi) is 4.80. The van der Waals surface area contributed by atoms with Gasteiger partial charge in [0.2, 0.25) is 10.0 Å². The maximum absolute atomic E-state index is 12.0. The van der Waals surface area contributed by atoms with Crippen molar-refractivity contribution in [3.63, 3.8) is 0 Å². The molecule has 108 valence electrons. The Hall–Kier alpha value is -0.180. The van der Waals surface area contributed by atoms with E-state index in [-0.39, 0.29) is 24.5 Å². The highest BCUT2D eigenvalue weighted by atomic mass is 32.2. The Bertz CT molecular complexity index is 480. The molecule has 1 fully saturated rings. The summed E-state index contributed by atoms with van der Waals surface area (Å²) in [5.41, 5.74) is 5.45. The normalized spacial score (nSPS) is 24.3. The van der Waals surface area contributed by atoms with Crippen LogP contribution in [0.4, 0.5) is 0 Å². The van der Waals surface area contributed by atoms with Gasteiger partial charge in [0.1, 0.15) is 0 Å². The average Bonchev–Trinajstić information content (AvgIpc) is 2.67. The lowest BCUT2D eigenvalue weighted by Gasteiger charge is -2.27. The van der Waals surface area contributed by atoms with Crippen molar-refractivity contribution in [3.05, 3.63) is 0 Å². The average molecular weight is 298 g/mol. The molecule has 1 aliphatic rings. The van der Waals surface area contributed by atoms with Gasteiger partial charge in [-0.2, -0.15) is 0 Å². The summed E-state index contributed by atoms with van der Waals surface area (Å²) in [5, 5.41) is -0.833. The maximum Gasteiger partial charge on any atom is 0.215 e. The summed E-state index contributed by atoms with van der Waals surface area (Å²) < 4.78 is 49.0. The summed E-state index contributed by atoms with van der Waals surface area (Å²) in [4.78, 5) is 0. The Morgan fingerprint density at radius 3 is 2.28 bits per heavy atom. The molecule has 0 spiro atoms. The molecule has 0 aromatic carbocycles. The van der Waals surface area contributed by atoms with Crippen molar-refractivity contribution in [1.82, 2.24) is 4.72 Å². The highest BCUT2D eigenvalue weighted by Gasteiger charge is 2.37. The van der Waals surface area contributed by atoms with Crippen LogP contribution in [0.2, 0.25) is 0 Å². The zero-order valence-corrected chi connectivity index (χ0v) is 12.5. The molecule has 1 unspecified atom stereocenters. The molecule has 0 aromatic rings. The lowest BCUT2D eigenvalue weighted by molar-refractivity contribution is 0.391. The van der Waals surface area contributed by atoms with Crippen molar-refractivity contribution < 1.29 is 16.8 Å². The first kappa shape index (κ1) is 15.9. The van der Waals surface area contributed by atoms with Gasteiger partial charge in [-0.25, -0.2) is 21.6 Å². The zero-order valence-electron chi connectivity index (χ0n) is 10.8. The minimum Gasteiger partial charge on any atom is -0.324 e. The van der Waals surface area contributed by atoms with Crippen molar-refractivity contribution in [1.29, 1.82) is 0 Å². The van der Waals surface area contributed by atoms with Gasteiger partial charge < -0.3 is 5.73 Å². The molecule has 18 heavy (non-hydrogen) atoms. The molecule has 0 aliphatic carbocycles. The minimum atomic E-state index is -3.59. The highest BCUT2D eigenvalue weighted by Crippen LogP contribution is 2.19. The molecule has 3 N–H and O–H groups in total. The summed E-state index contributed by atoms with van der Waals surface area (Å²) >= 11 is 0. The molecule has 0 bridgehead atoms. The molecule has 0 amide bonds. The fourth-order valence-electron chi connectivity index (χ4n) is 1.87. The fraction of sp³-hybridized carbons (Fsp3) is 1.00. The van der Waals surface area contributed by atoms with Crippen LogP contribution in [-0.2, 0) is 19.9 Å². The first-order valence-corrected chi connectivity index (χ1v) is 9.49. The van der Waals surface area contributed by atoms with Crippen LogP contribution in [0.5, 0.6) is 0 Å². The summed E-state index contributed by atoms with van der Waals surface area (Å²) in [6, 6.07) is 0. The second-order valence-corrected chi connectivity index (χ2v) is 9.23. The number of rotatable bonds is 6. The van der Waals surface area contributed by atoms with Gasteiger partial charge in [-0.05, 0) is 19.3 Å². The number of hydrogen-bond donors (Lipinski definition) is 2. The molecular weight excluding hydrogens is 276 g/mol. The van der Waals surface area contributed by atoms with E-state index in [1.54, 1.807) is 0 Å². The lowest BCUT2D eigenvalue weighted by atomic mass is 9.95. The van der Waals surface area contributed by atoms with Crippen LogP contribution in [0.15, 0.2) is 0 Å². The van der Waals surface area contributed by atoms with E-state index >= 15 is 0 Å². The van der Waals surface area contributed by atoms with E-state index in [1.807, 2.05) is 13.8 Å². The monoisotopic (exact) mass is 298 g/mol. The van der Waals surface area contributed by atoms with Gasteiger partial charge in [-0.1, -0.05) is 13.8 Å². The first-order valence-electron chi connectivity index (χ1n) is 6.12. The first-order chi connectivity index (χ1) is 8.14. The summed E-state index contributed by atoms with van der Waals surface area (Å²) in [6.07, 6.45) is 1.50. The number of nitrogens with one attached hydrogen (secondary N) is 1. The molecule has 1 heterocycles. The molecule has 1 saturated heterocycles. The fourth-order valence-corrected chi connectivity index (χ4v) is 6.05. The van der Waals surface area contributed by atoms with Gasteiger partial charge in [-0.3, -0.25) is 0 Å². The van der Waals surface area contributed by atoms with Gasteiger partial charge in [0.25, 0.3) is 0 Å². The van der Waals surface area contributed by atoms with Crippen LogP contribution in [-0.4, -0.2) is 45.7 Å². The van der Waals surface area contributed by atoms with Crippen LogP contribution in [0, 0.1) is 0 Å². The second kappa shape index (κ2) is 5.44. The quantitative estimate of drug-likeness (QED) is 0.694. The third kappa shape index (κ3) is 3.91. The molecule has 8 heteroatoms. The number of sulfone groups is 1. The summed E-state index contributed by atoms with van der Waals surface area (Å²) in [5.74, 6) is -0.327. The maximum atomic E-state index is 12.0. The molecular formula is C10H22N2O4S2. The molecule has 0 radical (unpaired) electrons. The van der Waals surface area contributed by atoms with Crippen molar-refractivity contribution >= 4 is 19.9 Å². The van der Waals surface area contributed by atoms with E-state index in [0.29, 0.717) is 12.8 Å². The van der Waals surface area contributed by atoms with E-state index in [0.717, 1.165) is 0 Å². The smallest absolute Gasteiger partial charge is 0.215 e. The largest absolute Gasteiger partial charge is 0.324 e. The van der Waals surface area contributed by atoms with Gasteiger partial charge in [0, 0.05) is 12.1 Å². The SMILES string of the molecule is CCC(N)(CC)CNS(=O)(=O)C1CCS(=O)(=O)C1. The van der Waals surface area contributed by atoms with Crippen LogP contribution in [0.25, 0.3) is 0 Å².